The molecule has 1 N–H and O–H groups in total. The predicted octanol–water partition coefficient (Wildman–Crippen LogP) is 5.65. The number of rotatable bonds is 7. The zero-order valence-corrected chi connectivity index (χ0v) is 20.4. The van der Waals surface area contributed by atoms with E-state index in [0.29, 0.717) is 17.9 Å². The molecular weight excluding hydrogens is 472 g/mol. The molecule has 1 unspecified atom stereocenters. The van der Waals surface area contributed by atoms with Crippen molar-refractivity contribution in [2.24, 2.45) is 0 Å². The van der Waals surface area contributed by atoms with Crippen molar-refractivity contribution >= 4 is 28.8 Å². The second kappa shape index (κ2) is 10.2. The highest BCUT2D eigenvalue weighted by Crippen LogP contribution is 2.42. The molecule has 180 valence electrons. The van der Waals surface area contributed by atoms with Gasteiger partial charge >= 0.3 is 0 Å². The molecule has 36 heavy (non-hydrogen) atoms. The third kappa shape index (κ3) is 4.65. The van der Waals surface area contributed by atoms with Crippen LogP contribution in [0.3, 0.4) is 0 Å². The number of ketones is 1. The van der Waals surface area contributed by atoms with Crippen LogP contribution in [0.1, 0.15) is 33.2 Å². The summed E-state index contributed by atoms with van der Waals surface area (Å²) in [7, 11) is 0. The minimum absolute atomic E-state index is 0.0868. The van der Waals surface area contributed by atoms with Crippen molar-refractivity contribution in [2.45, 2.75) is 26.1 Å². The Morgan fingerprint density at radius 1 is 1.03 bits per heavy atom. The van der Waals surface area contributed by atoms with Gasteiger partial charge in [0.2, 0.25) is 0 Å². The Balaban J connectivity index is 1.48. The minimum atomic E-state index is -0.697. The standard InChI is InChI=1S/C29H24N2O4S/c1-19-15-22(11-12-23(19)35-18-20-7-3-2-4-8-20)27(32)25-26(24-10-6-14-36-24)31(29(34)28(25)33)17-21-9-5-13-30-16-21/h2-16,26,32H,17-18H2,1H3/b27-25+. The van der Waals surface area contributed by atoms with E-state index < -0.39 is 17.7 Å². The summed E-state index contributed by atoms with van der Waals surface area (Å²) in [6.45, 7) is 2.52. The lowest BCUT2D eigenvalue weighted by Gasteiger charge is -2.24. The highest BCUT2D eigenvalue weighted by Gasteiger charge is 2.46. The number of carbonyl (C=O) groups excluding carboxylic acids is 2. The van der Waals surface area contributed by atoms with Crippen molar-refractivity contribution in [3.05, 3.63) is 123 Å². The molecule has 2 aromatic heterocycles. The number of carbonyl (C=O) groups is 2. The van der Waals surface area contributed by atoms with Crippen LogP contribution in [0, 0.1) is 6.92 Å². The van der Waals surface area contributed by atoms with Crippen molar-refractivity contribution in [2.75, 3.05) is 0 Å². The monoisotopic (exact) mass is 496 g/mol. The van der Waals surface area contributed by atoms with E-state index in [-0.39, 0.29) is 17.9 Å². The molecule has 6 nitrogen and oxygen atoms in total. The van der Waals surface area contributed by atoms with Crippen molar-refractivity contribution < 1.29 is 19.4 Å². The number of aliphatic hydroxyl groups is 1. The molecule has 1 aliphatic heterocycles. The number of pyridine rings is 1. The van der Waals surface area contributed by atoms with E-state index in [4.69, 9.17) is 4.74 Å². The number of aliphatic hydroxyl groups excluding tert-OH is 1. The zero-order valence-electron chi connectivity index (χ0n) is 19.6. The molecule has 0 radical (unpaired) electrons. The van der Waals surface area contributed by atoms with Crippen molar-refractivity contribution in [1.82, 2.24) is 9.88 Å². The summed E-state index contributed by atoms with van der Waals surface area (Å²) in [5, 5.41) is 13.2. The Labute approximate surface area is 213 Å². The summed E-state index contributed by atoms with van der Waals surface area (Å²) in [5.74, 6) is -0.851. The lowest BCUT2D eigenvalue weighted by atomic mass is 9.98. The number of thiophene rings is 1. The number of nitrogens with zero attached hydrogens (tertiary/aromatic N) is 2. The predicted molar refractivity (Wildman–Crippen MR) is 138 cm³/mol. The highest BCUT2D eigenvalue weighted by molar-refractivity contribution is 7.10. The van der Waals surface area contributed by atoms with Gasteiger partial charge < -0.3 is 14.7 Å². The van der Waals surface area contributed by atoms with Gasteiger partial charge in [-0.2, -0.15) is 0 Å². The fourth-order valence-electron chi connectivity index (χ4n) is 4.32. The van der Waals surface area contributed by atoms with E-state index in [9.17, 15) is 14.7 Å². The number of Topliss-reactive ketones (excluding diaryl/α,β-unsaturated/α-hetero) is 1. The Bertz CT molecular complexity index is 1420. The Kier molecular flexibility index (Phi) is 6.64. The summed E-state index contributed by atoms with van der Waals surface area (Å²) < 4.78 is 5.95. The van der Waals surface area contributed by atoms with Gasteiger partial charge in [0.25, 0.3) is 11.7 Å². The van der Waals surface area contributed by atoms with Crippen LogP contribution in [0.2, 0.25) is 0 Å². The third-order valence-corrected chi connectivity index (χ3v) is 7.04. The van der Waals surface area contributed by atoms with Gasteiger partial charge in [0.15, 0.2) is 0 Å². The lowest BCUT2D eigenvalue weighted by Crippen LogP contribution is -2.28. The highest BCUT2D eigenvalue weighted by atomic mass is 32.1. The van der Waals surface area contributed by atoms with Gasteiger partial charge in [-0.05, 0) is 59.3 Å². The maximum absolute atomic E-state index is 13.2. The first-order valence-corrected chi connectivity index (χ1v) is 12.4. The number of hydrogen-bond acceptors (Lipinski definition) is 6. The summed E-state index contributed by atoms with van der Waals surface area (Å²) >= 11 is 1.44. The SMILES string of the molecule is Cc1cc(/C(O)=C2\C(=O)C(=O)N(Cc3cccnc3)C2c2cccs2)ccc1OCc1ccccc1. The maximum atomic E-state index is 13.2. The van der Waals surface area contributed by atoms with Crippen molar-refractivity contribution in [1.29, 1.82) is 0 Å². The van der Waals surface area contributed by atoms with E-state index >= 15 is 0 Å². The van der Waals surface area contributed by atoms with Gasteiger partial charge in [-0.3, -0.25) is 14.6 Å². The van der Waals surface area contributed by atoms with E-state index in [1.165, 1.54) is 16.2 Å². The topological polar surface area (TPSA) is 79.7 Å². The number of benzene rings is 2. The average molecular weight is 497 g/mol. The largest absolute Gasteiger partial charge is 0.507 e. The smallest absolute Gasteiger partial charge is 0.295 e. The summed E-state index contributed by atoms with van der Waals surface area (Å²) in [6.07, 6.45) is 3.33. The maximum Gasteiger partial charge on any atom is 0.295 e. The quantitative estimate of drug-likeness (QED) is 0.203. The molecule has 0 bridgehead atoms. The molecule has 0 aliphatic carbocycles. The molecule has 2 aromatic carbocycles. The normalized spacial score (nSPS) is 16.9. The van der Waals surface area contributed by atoms with Crippen LogP contribution in [-0.2, 0) is 22.7 Å². The fourth-order valence-corrected chi connectivity index (χ4v) is 5.17. The number of amides is 1. The molecule has 0 spiro atoms. The molecule has 1 saturated heterocycles. The lowest BCUT2D eigenvalue weighted by molar-refractivity contribution is -0.140. The first kappa shape index (κ1) is 23.5. The summed E-state index contributed by atoms with van der Waals surface area (Å²) in [4.78, 5) is 32.7. The van der Waals surface area contributed by atoms with Gasteiger partial charge in [-0.1, -0.05) is 42.5 Å². The zero-order chi connectivity index (χ0) is 25.1. The Morgan fingerprint density at radius 3 is 2.53 bits per heavy atom. The molecule has 1 amide bonds. The van der Waals surface area contributed by atoms with E-state index in [2.05, 4.69) is 4.98 Å². The third-order valence-electron chi connectivity index (χ3n) is 6.11. The van der Waals surface area contributed by atoms with Crippen LogP contribution in [0.5, 0.6) is 5.75 Å². The van der Waals surface area contributed by atoms with Gasteiger partial charge in [0.05, 0.1) is 11.6 Å². The molecule has 1 atom stereocenters. The van der Waals surface area contributed by atoms with E-state index in [1.807, 2.05) is 60.8 Å². The number of aromatic nitrogens is 1. The molecule has 3 heterocycles. The van der Waals surface area contributed by atoms with Gasteiger partial charge in [-0.15, -0.1) is 11.3 Å². The van der Waals surface area contributed by atoms with Gasteiger partial charge in [0.1, 0.15) is 18.1 Å². The second-order valence-corrected chi connectivity index (χ2v) is 9.54. The summed E-state index contributed by atoms with van der Waals surface area (Å²) in [6, 6.07) is 21.8. The average Bonchev–Trinajstić information content (AvgIpc) is 3.52. The minimum Gasteiger partial charge on any atom is -0.507 e. The number of ether oxygens (including phenoxy) is 1. The van der Waals surface area contributed by atoms with Crippen LogP contribution < -0.4 is 4.74 Å². The van der Waals surface area contributed by atoms with Crippen molar-refractivity contribution in [3.8, 4) is 5.75 Å². The van der Waals surface area contributed by atoms with E-state index in [0.717, 1.165) is 21.6 Å². The summed E-state index contributed by atoms with van der Waals surface area (Å²) in [5.41, 5.74) is 3.21. The molecule has 0 saturated carbocycles. The number of hydrogen-bond donors (Lipinski definition) is 1. The first-order valence-electron chi connectivity index (χ1n) is 11.5. The van der Waals surface area contributed by atoms with Gasteiger partial charge in [0, 0.05) is 29.4 Å². The van der Waals surface area contributed by atoms with Crippen LogP contribution >= 0.6 is 11.3 Å². The number of aryl methyl sites for hydroxylation is 1. The Hall–Kier alpha value is -4.23. The van der Waals surface area contributed by atoms with Crippen LogP contribution in [0.15, 0.2) is 96.1 Å². The fraction of sp³-hybridized carbons (Fsp3) is 0.138. The molecular formula is C29H24N2O4S. The Morgan fingerprint density at radius 2 is 1.83 bits per heavy atom. The first-order chi connectivity index (χ1) is 17.5. The molecule has 7 heteroatoms. The van der Waals surface area contributed by atoms with E-state index in [1.54, 1.807) is 36.7 Å². The van der Waals surface area contributed by atoms with Crippen LogP contribution in [0.25, 0.3) is 5.76 Å². The molecule has 4 aromatic rings. The van der Waals surface area contributed by atoms with Crippen LogP contribution in [-0.4, -0.2) is 26.7 Å². The second-order valence-electron chi connectivity index (χ2n) is 8.56. The van der Waals surface area contributed by atoms with Crippen LogP contribution in [0.4, 0.5) is 0 Å². The number of likely N-dealkylation sites (tertiary alicyclic amines) is 1. The van der Waals surface area contributed by atoms with Crippen molar-refractivity contribution in [3.63, 3.8) is 0 Å². The molecule has 1 fully saturated rings. The molecule has 1 aliphatic rings. The van der Waals surface area contributed by atoms with Gasteiger partial charge in [-0.25, -0.2) is 0 Å². The molecule has 5 rings (SSSR count).